The SMILES string of the molecule is CC1(C)CC(B2OC(C)(C)C(C)(C)O2)=CCO1.CC1(C)CC(c2cc(F)c3c(c2)[C@]2(COC(N)=N2)c2cc(-c4cccnc4F)ccc2O3)CCO1.NC1=N[C@@]2(CO1)c1cc(Br)ccc1Oc1c(F)cc(O)cc12. The summed E-state index contributed by atoms with van der Waals surface area (Å²) in [7, 11) is -0.219. The minimum absolute atomic E-state index is 0.0137. The van der Waals surface area contributed by atoms with Gasteiger partial charge in [-0.15, -0.1) is 0 Å². The normalized spacial score (nSPS) is 24.8. The predicted octanol–water partition coefficient (Wildman–Crippen LogP) is 11.1. The van der Waals surface area contributed by atoms with Gasteiger partial charge in [0.2, 0.25) is 5.95 Å². The number of fused-ring (bicyclic) bond motifs is 8. The van der Waals surface area contributed by atoms with E-state index in [0.29, 0.717) is 58.1 Å². The Morgan fingerprint density at radius 2 is 1.31 bits per heavy atom. The molecule has 3 atom stereocenters. The Kier molecular flexibility index (Phi) is 12.9. The van der Waals surface area contributed by atoms with E-state index in [2.05, 4.69) is 78.5 Å². The van der Waals surface area contributed by atoms with Crippen molar-refractivity contribution in [2.24, 2.45) is 21.5 Å². The number of benzene rings is 4. The number of aromatic hydroxyl groups is 1. The average Bonchev–Trinajstić information content (AvgIpc) is 3.99. The minimum atomic E-state index is -1.11. The van der Waals surface area contributed by atoms with E-state index >= 15 is 4.39 Å². The van der Waals surface area contributed by atoms with E-state index in [1.807, 2.05) is 26.0 Å². The van der Waals surface area contributed by atoms with Crippen LogP contribution in [0.4, 0.5) is 13.2 Å². The van der Waals surface area contributed by atoms with Gasteiger partial charge in [0, 0.05) is 51.2 Å². The molecule has 12 rings (SSSR count). The number of nitrogens with two attached hydrogens (primary N) is 2. The highest BCUT2D eigenvalue weighted by Crippen LogP contribution is 2.55. The molecule has 5 N–H and O–H groups in total. The molecule has 0 bridgehead atoms. The number of nitrogens with zero attached hydrogens (tertiary/aromatic N) is 3. The van der Waals surface area contributed by atoms with Crippen molar-refractivity contribution in [3.05, 3.63) is 140 Å². The molecule has 1 aromatic heterocycles. The van der Waals surface area contributed by atoms with E-state index in [-0.39, 0.29) is 77.9 Å². The second-order valence-electron chi connectivity index (χ2n) is 21.7. The van der Waals surface area contributed by atoms with Gasteiger partial charge in [0.1, 0.15) is 30.5 Å². The molecule has 0 amide bonds. The maximum atomic E-state index is 15.6. The van der Waals surface area contributed by atoms with Crippen molar-refractivity contribution < 1.29 is 56.0 Å². The fourth-order valence-corrected chi connectivity index (χ4v) is 10.8. The summed E-state index contributed by atoms with van der Waals surface area (Å²) in [6.45, 7) is 18.1. The van der Waals surface area contributed by atoms with Crippen LogP contribution in [0, 0.1) is 17.6 Å². The highest BCUT2D eigenvalue weighted by molar-refractivity contribution is 9.10. The molecule has 0 radical (unpaired) electrons. The molecule has 2 spiro atoms. The fraction of sp³-hybridized carbons (Fsp3) is 0.400. The third-order valence-electron chi connectivity index (χ3n) is 14.9. The Balaban J connectivity index is 0.000000137. The highest BCUT2D eigenvalue weighted by atomic mass is 79.9. The molecular weight excluding hydrogens is 1020 g/mol. The molecule has 2 saturated heterocycles. The van der Waals surface area contributed by atoms with Gasteiger partial charge in [0.05, 0.1) is 29.0 Å². The monoisotopic (exact) mass is 1080 g/mol. The van der Waals surface area contributed by atoms with Crippen molar-refractivity contribution in [3.63, 3.8) is 0 Å². The standard InChI is InChI=1S/C27H25F2N3O3.C15H10BrFN2O3.C13H23BO3/c1-26(2)13-16(7-9-34-26)17-11-20-23(21(28)12-17)35-22-6-5-15(18-4-3-8-31-24(18)29)10-19(22)27(20)14-33-25(30)32-27;16-7-1-2-12-9(3-7)15(6-21-14(18)19-15)10-4-8(20)5-11(17)13(10)22-12;1-11(2)9-10(7-8-15-11)14-16-12(3,4)13(5,6)17-14/h3-6,8,10-12,16H,7,9,13-14H2,1-2H3,(H2,30,32);1-5,20H,6H2,(H2,18,19);7H,8-9H2,1-6H3/t16?,27-;15-;/m00./s1. The van der Waals surface area contributed by atoms with Gasteiger partial charge in [-0.1, -0.05) is 28.1 Å². The first-order valence-electron chi connectivity index (χ1n) is 24.4. The Morgan fingerprint density at radius 1 is 0.703 bits per heavy atom. The lowest BCUT2D eigenvalue weighted by Crippen LogP contribution is -2.41. The quantitative estimate of drug-likeness (QED) is 0.115. The Bertz CT molecular complexity index is 3150. The number of phenols is 1. The van der Waals surface area contributed by atoms with Gasteiger partial charge in [-0.3, -0.25) is 0 Å². The zero-order chi connectivity index (χ0) is 52.8. The van der Waals surface area contributed by atoms with Gasteiger partial charge in [0.15, 0.2) is 34.2 Å². The molecule has 19 heteroatoms. The van der Waals surface area contributed by atoms with E-state index in [1.54, 1.807) is 48.5 Å². The second kappa shape index (κ2) is 18.6. The van der Waals surface area contributed by atoms with Crippen molar-refractivity contribution in [2.45, 2.75) is 114 Å². The lowest BCUT2D eigenvalue weighted by atomic mass is 9.72. The van der Waals surface area contributed by atoms with E-state index in [1.165, 1.54) is 17.7 Å². The first kappa shape index (κ1) is 51.4. The number of phenolic OH excluding ortho intramolecular Hbond substituents is 1. The molecule has 14 nitrogen and oxygen atoms in total. The third-order valence-corrected chi connectivity index (χ3v) is 15.4. The largest absolute Gasteiger partial charge is 0.508 e. The molecular formula is C55H58BBrF3N5O9. The average molecular weight is 1080 g/mol. The van der Waals surface area contributed by atoms with Crippen LogP contribution in [0.25, 0.3) is 11.1 Å². The van der Waals surface area contributed by atoms with E-state index in [0.717, 1.165) is 35.4 Å². The zero-order valence-corrected chi connectivity index (χ0v) is 44.0. The van der Waals surface area contributed by atoms with Gasteiger partial charge < -0.3 is 54.3 Å². The Morgan fingerprint density at radius 3 is 1.91 bits per heavy atom. The molecule has 1 unspecified atom stereocenters. The maximum absolute atomic E-state index is 15.6. The van der Waals surface area contributed by atoms with E-state index < -0.39 is 28.7 Å². The molecule has 8 heterocycles. The number of aromatic nitrogens is 1. The second-order valence-corrected chi connectivity index (χ2v) is 22.6. The molecule has 74 heavy (non-hydrogen) atoms. The first-order chi connectivity index (χ1) is 34.9. The van der Waals surface area contributed by atoms with Gasteiger partial charge in [-0.2, -0.15) is 4.39 Å². The summed E-state index contributed by atoms with van der Waals surface area (Å²) in [5.74, 6) is -0.772. The lowest BCUT2D eigenvalue weighted by molar-refractivity contribution is -0.0593. The zero-order valence-electron chi connectivity index (χ0n) is 42.4. The first-order valence-corrected chi connectivity index (χ1v) is 25.2. The van der Waals surface area contributed by atoms with Crippen LogP contribution in [0.15, 0.2) is 105 Å². The Labute approximate surface area is 436 Å². The van der Waals surface area contributed by atoms with Crippen molar-refractivity contribution >= 4 is 35.1 Å². The minimum Gasteiger partial charge on any atom is -0.508 e. The predicted molar refractivity (Wildman–Crippen MR) is 276 cm³/mol. The Hall–Kier alpha value is -6.12. The maximum Gasteiger partial charge on any atom is 0.490 e. The van der Waals surface area contributed by atoms with Gasteiger partial charge in [-0.25, -0.2) is 23.7 Å². The summed E-state index contributed by atoms with van der Waals surface area (Å²) >= 11 is 3.41. The highest BCUT2D eigenvalue weighted by Gasteiger charge is 2.54. The summed E-state index contributed by atoms with van der Waals surface area (Å²) in [5, 5.41) is 9.76. The van der Waals surface area contributed by atoms with Crippen LogP contribution in [0.2, 0.25) is 0 Å². The van der Waals surface area contributed by atoms with Gasteiger partial charge >= 0.3 is 7.12 Å². The molecule has 2 fully saturated rings. The summed E-state index contributed by atoms with van der Waals surface area (Å²) < 4.78 is 91.4. The van der Waals surface area contributed by atoms with Crippen LogP contribution in [0.3, 0.4) is 0 Å². The number of pyridine rings is 1. The fourth-order valence-electron chi connectivity index (χ4n) is 10.5. The molecule has 388 valence electrons. The van der Waals surface area contributed by atoms with Crippen molar-refractivity contribution in [3.8, 4) is 39.9 Å². The summed E-state index contributed by atoms with van der Waals surface area (Å²) in [4.78, 5) is 12.8. The molecule has 5 aromatic rings. The number of hydrogen-bond donors (Lipinski definition) is 3. The van der Waals surface area contributed by atoms with Crippen LogP contribution in [-0.2, 0) is 39.3 Å². The van der Waals surface area contributed by atoms with Crippen molar-refractivity contribution in [1.82, 2.24) is 4.98 Å². The number of rotatable bonds is 3. The van der Waals surface area contributed by atoms with Crippen LogP contribution in [-0.4, -0.2) is 78.1 Å². The number of halogens is 4. The van der Waals surface area contributed by atoms with E-state index in [4.69, 9.17) is 49.2 Å². The number of hydrogen-bond acceptors (Lipinski definition) is 14. The van der Waals surface area contributed by atoms with Crippen molar-refractivity contribution in [2.75, 3.05) is 26.4 Å². The molecule has 7 aliphatic heterocycles. The number of aliphatic imine (C=N–C) groups is 2. The summed E-state index contributed by atoms with van der Waals surface area (Å²) in [5.41, 5.74) is 13.9. The molecule has 4 aromatic carbocycles. The van der Waals surface area contributed by atoms with Gasteiger partial charge in [-0.05, 0) is 158 Å². The summed E-state index contributed by atoms with van der Waals surface area (Å²) in [6, 6.07) is 19.8. The van der Waals surface area contributed by atoms with Crippen LogP contribution in [0.1, 0.15) is 108 Å². The van der Waals surface area contributed by atoms with Gasteiger partial charge in [0.25, 0.3) is 12.0 Å². The number of ether oxygens (including phenoxy) is 6. The third kappa shape index (κ3) is 9.39. The number of amidine groups is 2. The van der Waals surface area contributed by atoms with Crippen LogP contribution in [0.5, 0.6) is 28.7 Å². The lowest BCUT2D eigenvalue weighted by Gasteiger charge is -2.37. The molecule has 0 saturated carbocycles. The summed E-state index contributed by atoms with van der Waals surface area (Å²) in [6.07, 6.45) is 5.91. The topological polar surface area (TPSA) is 184 Å². The smallest absolute Gasteiger partial charge is 0.490 e. The van der Waals surface area contributed by atoms with Crippen molar-refractivity contribution in [1.29, 1.82) is 0 Å². The molecule has 7 aliphatic rings. The van der Waals surface area contributed by atoms with Crippen LogP contribution >= 0.6 is 15.9 Å². The molecule has 0 aliphatic carbocycles. The van der Waals surface area contributed by atoms with E-state index in [9.17, 15) is 13.9 Å². The van der Waals surface area contributed by atoms with Crippen LogP contribution < -0.4 is 20.9 Å².